The maximum absolute atomic E-state index is 14.8. The summed E-state index contributed by atoms with van der Waals surface area (Å²) in [6, 6.07) is 4.11. The van der Waals surface area contributed by atoms with Gasteiger partial charge in [0.2, 0.25) is 5.91 Å². The van der Waals surface area contributed by atoms with E-state index in [1.165, 1.54) is 16.9 Å². The third-order valence-corrected chi connectivity index (χ3v) is 6.01. The molecule has 2 fully saturated rings. The number of anilines is 3. The molecule has 0 spiro atoms. The van der Waals surface area contributed by atoms with Crippen molar-refractivity contribution < 1.29 is 18.7 Å². The summed E-state index contributed by atoms with van der Waals surface area (Å²) in [5, 5.41) is 9.46. The Morgan fingerprint density at radius 1 is 1.09 bits per heavy atom. The Bertz CT molecular complexity index is 1010. The van der Waals surface area contributed by atoms with E-state index in [4.69, 9.17) is 4.74 Å². The molecule has 11 heteroatoms. The lowest BCUT2D eigenvalue weighted by Gasteiger charge is -2.37. The molecule has 2 N–H and O–H groups in total. The predicted octanol–water partition coefficient (Wildman–Crippen LogP) is 2.05. The molecule has 4 rings (SSSR count). The van der Waals surface area contributed by atoms with Gasteiger partial charge in [0.15, 0.2) is 0 Å². The van der Waals surface area contributed by atoms with Gasteiger partial charge in [0.1, 0.15) is 12.4 Å². The highest BCUT2D eigenvalue weighted by molar-refractivity contribution is 5.99. The first-order valence-electron chi connectivity index (χ1n) is 11.5. The minimum atomic E-state index is -0.522. The number of likely N-dealkylation sites (N-methyl/N-ethyl adjacent to an activating group) is 1. The van der Waals surface area contributed by atoms with Crippen molar-refractivity contribution in [3.63, 3.8) is 0 Å². The maximum Gasteiger partial charge on any atom is 0.323 e. The molecule has 184 valence electrons. The van der Waals surface area contributed by atoms with E-state index in [9.17, 15) is 14.0 Å². The van der Waals surface area contributed by atoms with Gasteiger partial charge in [-0.15, -0.1) is 0 Å². The van der Waals surface area contributed by atoms with Crippen LogP contribution in [0.15, 0.2) is 30.6 Å². The minimum absolute atomic E-state index is 0.00757. The molecule has 0 unspecified atom stereocenters. The number of carbonyl (C=O) groups excluding carboxylic acids is 2. The summed E-state index contributed by atoms with van der Waals surface area (Å²) in [6.07, 6.45) is 3.10. The molecular formula is C23H32FN7O3. The Hall–Kier alpha value is -3.18. The number of ether oxygens (including phenoxy) is 1. The number of amides is 3. The second-order valence-electron chi connectivity index (χ2n) is 9.02. The van der Waals surface area contributed by atoms with Crippen molar-refractivity contribution in [3.05, 3.63) is 36.4 Å². The van der Waals surface area contributed by atoms with Gasteiger partial charge in [-0.2, -0.15) is 5.10 Å². The summed E-state index contributed by atoms with van der Waals surface area (Å²) in [6.45, 7) is 8.35. The van der Waals surface area contributed by atoms with Crippen molar-refractivity contribution in [2.24, 2.45) is 0 Å². The highest BCUT2D eigenvalue weighted by Gasteiger charge is 2.24. The van der Waals surface area contributed by atoms with E-state index >= 15 is 0 Å². The fourth-order valence-electron chi connectivity index (χ4n) is 4.32. The van der Waals surface area contributed by atoms with Crippen LogP contribution in [0.1, 0.15) is 13.8 Å². The molecule has 2 aliphatic rings. The van der Waals surface area contributed by atoms with E-state index < -0.39 is 11.8 Å². The summed E-state index contributed by atoms with van der Waals surface area (Å²) < 4.78 is 22.0. The Labute approximate surface area is 198 Å². The number of morpholine rings is 1. The Balaban J connectivity index is 1.30. The molecule has 0 bridgehead atoms. The van der Waals surface area contributed by atoms with Gasteiger partial charge in [0, 0.05) is 51.2 Å². The molecule has 0 aliphatic carbocycles. The molecule has 3 amide bonds. The minimum Gasteiger partial charge on any atom is -0.372 e. The van der Waals surface area contributed by atoms with Crippen LogP contribution in [0, 0.1) is 5.82 Å². The Morgan fingerprint density at radius 3 is 2.44 bits per heavy atom. The molecule has 1 aromatic heterocycles. The zero-order valence-electron chi connectivity index (χ0n) is 19.8. The summed E-state index contributed by atoms with van der Waals surface area (Å²) in [5.41, 5.74) is 1.27. The summed E-state index contributed by atoms with van der Waals surface area (Å²) in [4.78, 5) is 30.8. The molecule has 34 heavy (non-hydrogen) atoms. The molecule has 2 saturated heterocycles. The number of nitrogens with zero attached hydrogens (tertiary/aromatic N) is 5. The SMILES string of the molecule is C[C@H]1CN(c2ccc(NC(=O)Nc3cnn(CC(=O)N4CCN(C)CC4)c3)cc2F)C[C@H](C)O1. The normalized spacial score (nSPS) is 21.4. The van der Waals surface area contributed by atoms with E-state index in [-0.39, 0.29) is 24.7 Å². The number of hydrogen-bond acceptors (Lipinski definition) is 6. The van der Waals surface area contributed by atoms with Gasteiger partial charge in [-0.25, -0.2) is 9.18 Å². The van der Waals surface area contributed by atoms with Gasteiger partial charge < -0.3 is 30.1 Å². The first kappa shape index (κ1) is 24.0. The number of hydrogen-bond donors (Lipinski definition) is 2. The number of halogens is 1. The topological polar surface area (TPSA) is 95.0 Å². The Morgan fingerprint density at radius 2 is 1.76 bits per heavy atom. The average Bonchev–Trinajstić information content (AvgIpc) is 3.20. The number of urea groups is 1. The smallest absolute Gasteiger partial charge is 0.323 e. The Kier molecular flexibility index (Phi) is 7.32. The molecule has 2 aliphatic heterocycles. The highest BCUT2D eigenvalue weighted by Crippen LogP contribution is 2.26. The van der Waals surface area contributed by atoms with Gasteiger partial charge in [0.05, 0.1) is 29.8 Å². The number of nitrogens with one attached hydrogen (secondary N) is 2. The predicted molar refractivity (Wildman–Crippen MR) is 128 cm³/mol. The van der Waals surface area contributed by atoms with Crippen LogP contribution in [0.25, 0.3) is 0 Å². The molecule has 3 heterocycles. The van der Waals surface area contributed by atoms with E-state index in [1.54, 1.807) is 18.3 Å². The lowest BCUT2D eigenvalue weighted by atomic mass is 10.2. The van der Waals surface area contributed by atoms with Crippen molar-refractivity contribution >= 4 is 29.0 Å². The van der Waals surface area contributed by atoms with Crippen molar-refractivity contribution in [2.75, 3.05) is 61.8 Å². The zero-order valence-corrected chi connectivity index (χ0v) is 19.8. The van der Waals surface area contributed by atoms with Gasteiger partial charge in [0.25, 0.3) is 0 Å². The lowest BCUT2D eigenvalue weighted by molar-refractivity contribution is -0.133. The van der Waals surface area contributed by atoms with Crippen LogP contribution >= 0.6 is 0 Å². The van der Waals surface area contributed by atoms with E-state index in [2.05, 4.69) is 20.6 Å². The van der Waals surface area contributed by atoms with Crippen LogP contribution in [-0.2, 0) is 16.1 Å². The van der Waals surface area contributed by atoms with E-state index in [1.807, 2.05) is 30.7 Å². The van der Waals surface area contributed by atoms with Crippen LogP contribution < -0.4 is 15.5 Å². The zero-order chi connectivity index (χ0) is 24.2. The van der Waals surface area contributed by atoms with Gasteiger partial charge in [-0.1, -0.05) is 0 Å². The van der Waals surface area contributed by atoms with Crippen molar-refractivity contribution in [1.82, 2.24) is 19.6 Å². The van der Waals surface area contributed by atoms with Crippen LogP contribution in [0.4, 0.5) is 26.2 Å². The monoisotopic (exact) mass is 473 g/mol. The average molecular weight is 474 g/mol. The first-order valence-corrected chi connectivity index (χ1v) is 11.5. The highest BCUT2D eigenvalue weighted by atomic mass is 19.1. The van der Waals surface area contributed by atoms with Crippen LogP contribution in [0.3, 0.4) is 0 Å². The van der Waals surface area contributed by atoms with Crippen molar-refractivity contribution in [1.29, 1.82) is 0 Å². The molecule has 2 aromatic rings. The second-order valence-corrected chi connectivity index (χ2v) is 9.02. The molecule has 1 aromatic carbocycles. The summed E-state index contributed by atoms with van der Waals surface area (Å²) in [7, 11) is 2.03. The molecule has 10 nitrogen and oxygen atoms in total. The standard InChI is InChI=1S/C23H32FN7O3/c1-16-12-30(13-17(2)34-16)21-5-4-18(10-20(21)24)26-23(33)27-19-11-25-31(14-19)15-22(32)29-8-6-28(3)7-9-29/h4-5,10-11,14,16-17H,6-9,12-13,15H2,1-3H3,(H2,26,27,33)/t16-,17-/m0/s1. The van der Waals surface area contributed by atoms with Gasteiger partial charge >= 0.3 is 6.03 Å². The van der Waals surface area contributed by atoms with Crippen molar-refractivity contribution in [2.45, 2.75) is 32.6 Å². The third-order valence-electron chi connectivity index (χ3n) is 6.01. The quantitative estimate of drug-likeness (QED) is 0.690. The maximum atomic E-state index is 14.8. The van der Waals surface area contributed by atoms with Gasteiger partial charge in [-0.05, 0) is 39.1 Å². The van der Waals surface area contributed by atoms with Crippen molar-refractivity contribution in [3.8, 4) is 0 Å². The second kappa shape index (κ2) is 10.4. The molecular weight excluding hydrogens is 441 g/mol. The lowest BCUT2D eigenvalue weighted by Crippen LogP contribution is -2.48. The first-order chi connectivity index (χ1) is 16.3. The van der Waals surface area contributed by atoms with E-state index in [0.29, 0.717) is 43.2 Å². The summed E-state index contributed by atoms with van der Waals surface area (Å²) >= 11 is 0. The number of benzene rings is 1. The third kappa shape index (κ3) is 6.03. The van der Waals surface area contributed by atoms with Gasteiger partial charge in [-0.3, -0.25) is 9.48 Å². The molecule has 0 saturated carbocycles. The number of piperazine rings is 1. The van der Waals surface area contributed by atoms with Crippen LogP contribution in [0.2, 0.25) is 0 Å². The van der Waals surface area contributed by atoms with Crippen LogP contribution in [0.5, 0.6) is 0 Å². The van der Waals surface area contributed by atoms with E-state index in [0.717, 1.165) is 13.1 Å². The molecule has 0 radical (unpaired) electrons. The number of rotatable bonds is 5. The number of aromatic nitrogens is 2. The fourth-order valence-corrected chi connectivity index (χ4v) is 4.32. The number of carbonyl (C=O) groups is 2. The van der Waals surface area contributed by atoms with Crippen LogP contribution in [-0.4, -0.2) is 90.0 Å². The molecule has 2 atom stereocenters. The summed E-state index contributed by atoms with van der Waals surface area (Å²) in [5.74, 6) is -0.416. The largest absolute Gasteiger partial charge is 0.372 e. The fraction of sp³-hybridized carbons (Fsp3) is 0.522.